The summed E-state index contributed by atoms with van der Waals surface area (Å²) in [4.78, 5) is 43.2. The van der Waals surface area contributed by atoms with E-state index in [4.69, 9.17) is 9.47 Å². The number of nitrogens with one attached hydrogen (secondary N) is 2. The van der Waals surface area contributed by atoms with E-state index in [2.05, 4.69) is 15.6 Å². The molecule has 0 saturated carbocycles. The van der Waals surface area contributed by atoms with E-state index in [1.807, 2.05) is 52.0 Å². The largest absolute Gasteiger partial charge is 0.506 e. The summed E-state index contributed by atoms with van der Waals surface area (Å²) in [5.41, 5.74) is 0.581. The highest BCUT2D eigenvalue weighted by molar-refractivity contribution is 6.23. The van der Waals surface area contributed by atoms with E-state index in [-0.39, 0.29) is 5.76 Å². The molecule has 3 N–H and O–H groups in total. The number of fused-ring (bicyclic) bond motifs is 1. The van der Waals surface area contributed by atoms with Gasteiger partial charge in [-0.05, 0) is 82.3 Å². The molecule has 3 rings (SSSR count). The van der Waals surface area contributed by atoms with E-state index in [0.717, 1.165) is 17.0 Å². The summed E-state index contributed by atoms with van der Waals surface area (Å²) >= 11 is 0. The average Bonchev–Trinajstić information content (AvgIpc) is 2.85. The monoisotopic (exact) mass is 589 g/mol. The Hall–Kier alpha value is -4.40. The van der Waals surface area contributed by atoms with E-state index >= 15 is 0 Å². The molecule has 0 radical (unpaired) electrons. The second-order valence-corrected chi connectivity index (χ2v) is 13.6. The van der Waals surface area contributed by atoms with Gasteiger partial charge in [0, 0.05) is 34.8 Å². The van der Waals surface area contributed by atoms with Crippen LogP contribution in [0.15, 0.2) is 70.8 Å². The maximum absolute atomic E-state index is 13.7. The Morgan fingerprint density at radius 3 is 2.19 bits per heavy atom. The van der Waals surface area contributed by atoms with Crippen LogP contribution in [0.3, 0.4) is 0 Å². The molecule has 2 aromatic carbocycles. The van der Waals surface area contributed by atoms with Crippen molar-refractivity contribution in [1.29, 1.82) is 0 Å². The molecule has 9 nitrogen and oxygen atoms in total. The number of benzene rings is 2. The third kappa shape index (κ3) is 8.80. The zero-order chi connectivity index (χ0) is 32.3. The minimum Gasteiger partial charge on any atom is -0.506 e. The zero-order valence-electron chi connectivity index (χ0n) is 26.7. The van der Waals surface area contributed by atoms with E-state index in [1.165, 1.54) is 12.4 Å². The molecule has 0 aliphatic carbocycles. The SMILES string of the molecule is CC1=C(c2cc(C(=O)N[C@H](C(=O)OC(C)(C)C)C(C)(C)C)cc3ccccc23)/C(=C/N=CC(=O)OC(C)(C)C)C(O)=CN1. The fraction of sp³-hybridized carbons (Fsp3) is 0.412. The van der Waals surface area contributed by atoms with Gasteiger partial charge in [0.1, 0.15) is 29.2 Å². The van der Waals surface area contributed by atoms with E-state index in [0.29, 0.717) is 28.0 Å². The van der Waals surface area contributed by atoms with Gasteiger partial charge in [0.15, 0.2) is 0 Å². The Bertz CT molecular complexity index is 1540. The number of aliphatic hydroxyl groups is 1. The minimum atomic E-state index is -0.906. The fourth-order valence-corrected chi connectivity index (χ4v) is 4.49. The number of amides is 1. The Morgan fingerprint density at radius 2 is 1.58 bits per heavy atom. The smallest absolute Gasteiger partial charge is 0.349 e. The molecule has 0 saturated heterocycles. The van der Waals surface area contributed by atoms with Crippen LogP contribution in [0.1, 0.15) is 85.2 Å². The van der Waals surface area contributed by atoms with Crippen LogP contribution < -0.4 is 10.6 Å². The Morgan fingerprint density at radius 1 is 0.953 bits per heavy atom. The lowest BCUT2D eigenvalue weighted by atomic mass is 9.86. The molecule has 1 aliphatic heterocycles. The standard InChI is InChI=1S/C34H43N3O6/c1-20-28(25(26(38)18-36-20)17-35-19-27(39)42-33(5,6)7)24-16-22(15-21-13-11-12-14-23(21)24)30(40)37-29(32(2,3)4)31(41)43-34(8,9)10/h11-19,29,36,38H,1-10H3,(H,37,40)/b25-17+,35-19?/t29-/m1/s1. The lowest BCUT2D eigenvalue weighted by Crippen LogP contribution is -2.51. The summed E-state index contributed by atoms with van der Waals surface area (Å²) in [6.07, 6.45) is 3.86. The number of aliphatic hydroxyl groups excluding tert-OH is 1. The number of hydrogen-bond donors (Lipinski definition) is 3. The fourth-order valence-electron chi connectivity index (χ4n) is 4.49. The van der Waals surface area contributed by atoms with Crippen molar-refractivity contribution in [3.8, 4) is 0 Å². The molecule has 1 aliphatic rings. The van der Waals surface area contributed by atoms with E-state index < -0.39 is 40.5 Å². The second-order valence-electron chi connectivity index (χ2n) is 13.6. The molecule has 0 bridgehead atoms. The van der Waals surface area contributed by atoms with Crippen LogP contribution in [0.2, 0.25) is 0 Å². The van der Waals surface area contributed by atoms with Crippen molar-refractivity contribution < 1.29 is 29.0 Å². The molecular formula is C34H43N3O6. The number of carbonyl (C=O) groups excluding carboxylic acids is 3. The summed E-state index contributed by atoms with van der Waals surface area (Å²) in [7, 11) is 0. The maximum Gasteiger partial charge on any atom is 0.349 e. The lowest BCUT2D eigenvalue weighted by Gasteiger charge is -2.32. The Kier molecular flexibility index (Phi) is 9.59. The molecule has 9 heteroatoms. The molecule has 230 valence electrons. The first-order chi connectivity index (χ1) is 19.8. The van der Waals surface area contributed by atoms with Gasteiger partial charge in [-0.25, -0.2) is 9.59 Å². The van der Waals surface area contributed by atoms with Crippen molar-refractivity contribution in [2.45, 2.75) is 86.5 Å². The third-order valence-electron chi connectivity index (χ3n) is 6.31. The normalized spacial score (nSPS) is 16.1. The summed E-state index contributed by atoms with van der Waals surface area (Å²) in [5.74, 6) is -1.69. The van der Waals surface area contributed by atoms with Gasteiger partial charge in [0.05, 0.1) is 0 Å². The third-order valence-corrected chi connectivity index (χ3v) is 6.31. The lowest BCUT2D eigenvalue weighted by molar-refractivity contribution is -0.160. The number of allylic oxidation sites excluding steroid dienone is 2. The van der Waals surface area contributed by atoms with Crippen molar-refractivity contribution >= 4 is 40.4 Å². The molecule has 0 spiro atoms. The topological polar surface area (TPSA) is 126 Å². The molecule has 2 aromatic rings. The highest BCUT2D eigenvalue weighted by Gasteiger charge is 2.36. The van der Waals surface area contributed by atoms with Crippen molar-refractivity contribution in [3.63, 3.8) is 0 Å². The van der Waals surface area contributed by atoms with Crippen LogP contribution in [0.5, 0.6) is 0 Å². The van der Waals surface area contributed by atoms with Crippen LogP contribution in [-0.2, 0) is 19.1 Å². The highest BCUT2D eigenvalue weighted by atomic mass is 16.6. The molecule has 43 heavy (non-hydrogen) atoms. The average molecular weight is 590 g/mol. The van der Waals surface area contributed by atoms with E-state index in [9.17, 15) is 19.5 Å². The number of hydrogen-bond acceptors (Lipinski definition) is 8. The maximum atomic E-state index is 13.7. The summed E-state index contributed by atoms with van der Waals surface area (Å²) in [5, 5.41) is 18.4. The molecule has 0 unspecified atom stereocenters. The predicted octanol–water partition coefficient (Wildman–Crippen LogP) is 6.36. The Balaban J connectivity index is 2.10. The predicted molar refractivity (Wildman–Crippen MR) is 169 cm³/mol. The number of aliphatic imine (C=N–C) groups is 1. The van der Waals surface area contributed by atoms with Crippen LogP contribution in [-0.4, -0.2) is 46.4 Å². The summed E-state index contributed by atoms with van der Waals surface area (Å²) in [6.45, 7) is 18.0. The first-order valence-electron chi connectivity index (χ1n) is 14.2. The molecule has 1 amide bonds. The van der Waals surface area contributed by atoms with Crippen molar-refractivity contribution in [2.24, 2.45) is 10.4 Å². The second kappa shape index (κ2) is 12.5. The quantitative estimate of drug-likeness (QED) is 0.265. The number of rotatable bonds is 6. The van der Waals surface area contributed by atoms with Gasteiger partial charge in [0.25, 0.3) is 5.91 Å². The van der Waals surface area contributed by atoms with Gasteiger partial charge in [-0.3, -0.25) is 9.79 Å². The van der Waals surface area contributed by atoms with Gasteiger partial charge >= 0.3 is 11.9 Å². The Labute approximate surface area is 253 Å². The summed E-state index contributed by atoms with van der Waals surface area (Å²) in [6, 6.07) is 10.1. The first-order valence-corrected chi connectivity index (χ1v) is 14.2. The number of ether oxygens (including phenoxy) is 2. The van der Waals surface area contributed by atoms with Crippen molar-refractivity contribution in [1.82, 2.24) is 10.6 Å². The van der Waals surface area contributed by atoms with Gasteiger partial charge in [-0.2, -0.15) is 0 Å². The number of esters is 2. The van der Waals surface area contributed by atoms with Crippen LogP contribution >= 0.6 is 0 Å². The molecule has 1 atom stereocenters. The van der Waals surface area contributed by atoms with Crippen molar-refractivity contribution in [3.05, 3.63) is 77.0 Å². The number of carbonyl (C=O) groups is 3. The van der Waals surface area contributed by atoms with Gasteiger partial charge in [-0.15, -0.1) is 0 Å². The molecule has 0 fully saturated rings. The van der Waals surface area contributed by atoms with Crippen LogP contribution in [0.25, 0.3) is 16.3 Å². The highest BCUT2D eigenvalue weighted by Crippen LogP contribution is 2.37. The van der Waals surface area contributed by atoms with Gasteiger partial charge in [-0.1, -0.05) is 45.0 Å². The van der Waals surface area contributed by atoms with Crippen LogP contribution in [0.4, 0.5) is 0 Å². The van der Waals surface area contributed by atoms with Gasteiger partial charge < -0.3 is 25.2 Å². The molecular weight excluding hydrogens is 546 g/mol. The first kappa shape index (κ1) is 33.1. The van der Waals surface area contributed by atoms with Gasteiger partial charge in [0.2, 0.25) is 0 Å². The summed E-state index contributed by atoms with van der Waals surface area (Å²) < 4.78 is 10.9. The number of dihydropyridines is 1. The van der Waals surface area contributed by atoms with Crippen molar-refractivity contribution in [2.75, 3.05) is 0 Å². The minimum absolute atomic E-state index is 0.0985. The zero-order valence-corrected chi connectivity index (χ0v) is 26.7. The number of nitrogens with zero attached hydrogens (tertiary/aromatic N) is 1. The van der Waals surface area contributed by atoms with E-state index in [1.54, 1.807) is 53.7 Å². The molecule has 1 heterocycles. The van der Waals surface area contributed by atoms with Crippen LogP contribution in [0, 0.1) is 5.41 Å². The molecule has 0 aromatic heterocycles.